The van der Waals surface area contributed by atoms with Crippen molar-refractivity contribution in [2.75, 3.05) is 48.6 Å². The first kappa shape index (κ1) is 94.1. The number of nitrogens with one attached hydrogen (secondary N) is 1. The van der Waals surface area contributed by atoms with E-state index < -0.39 is 78.5 Å². The summed E-state index contributed by atoms with van der Waals surface area (Å²) in [6.07, 6.45) is -4.02. The molecule has 4 atom stereocenters. The molecule has 1 aliphatic heterocycles. The molecule has 0 radical (unpaired) electrons. The van der Waals surface area contributed by atoms with Crippen LogP contribution in [-0.2, 0) is 21.9 Å². The first-order valence-electron chi connectivity index (χ1n) is 37.3. The maximum atomic E-state index is 13.4. The van der Waals surface area contributed by atoms with Gasteiger partial charge in [-0.3, -0.25) is 60.3 Å². The lowest BCUT2D eigenvalue weighted by Gasteiger charge is -2.35. The number of cyclic esters (lactones) is 1. The molecule has 1 amide bonds. The minimum atomic E-state index is -4.52. The second-order valence-corrected chi connectivity index (χ2v) is 32.5. The first-order valence-corrected chi connectivity index (χ1v) is 38.4. The first-order chi connectivity index (χ1) is 55.2. The van der Waals surface area contributed by atoms with E-state index in [1.807, 2.05) is 22.6 Å². The molecule has 118 heavy (non-hydrogen) atoms. The number of nitro benzene ring substituents is 5. The van der Waals surface area contributed by atoms with Crippen LogP contribution in [0.15, 0.2) is 150 Å². The molecule has 2 N–H and O–H groups in total. The number of hydrogen-bond acceptors (Lipinski definition) is 20. The SMILES string of the molecule is COc1ccc([N+](=O)[O-])cc1.COc1ccc([N+](=O)[O-])cc1C1=C(C=O)CC(C)(C)CC1.COc1ccc([N+](=O)[O-])cc1C1=C(CN2C(=O)O[C@H](c3cc(C)cc(C(F)(F)F)c3)[C@@H]2C)CC(C)(C)CC1.COc1ccc([N+](=O)[O-])cc1C1=C(CN[C@@H](C)[C@H](O)c2cc(C)cc(C(F)(F)F)c2)CC(C)(C)CC1.COc1ccc([N+](=O)[O-])cc1I. The number of carbonyl (C=O) groups excluding carboxylic acids is 2. The summed E-state index contributed by atoms with van der Waals surface area (Å²) in [5.41, 5.74) is 7.14. The molecule has 634 valence electrons. The second-order valence-electron chi connectivity index (χ2n) is 31.3. The van der Waals surface area contributed by atoms with E-state index in [9.17, 15) is 91.6 Å². The number of nitrogens with zero attached hydrogens (tertiary/aromatic N) is 6. The lowest BCUT2D eigenvalue weighted by Crippen LogP contribution is -2.35. The van der Waals surface area contributed by atoms with Gasteiger partial charge < -0.3 is 38.8 Å². The van der Waals surface area contributed by atoms with Gasteiger partial charge in [-0.15, -0.1) is 0 Å². The highest BCUT2D eigenvalue weighted by atomic mass is 127. The standard InChI is InChI=1S/C28H31F3N2O5.C27H33F3N2O4.C16H19NO4.C7H6INO3.C7H7NO3/c1-16-10-18(12-20(11-16)28(29,30)31)25-17(2)32(26(34)38-25)15-19-14-27(3,4)9-8-22(19)23-13-21(33(35)36)6-7-24(23)37-5;1-16-10-18(12-20(11-16)27(28,29)30)25(33)17(2)31-15-19-14-26(3,4)9-8-22(19)23-13-21(32(34)35)6-7-24(23)36-5;1-16(2)7-6-13(11(9-16)10-18)14-8-12(17(19)20)4-5-15(14)21-3;1-12-7-3-2-5(9(10)11)4-6(7)8;1-11-7-4-2-6(3-5-7)8(9)10/h6-7,10-13,17,25H,8-9,14-15H2,1-5H3;6-7,10-13,17,25,31,33H,8-9,14-15H2,1-5H3;4-5,8,10H,6-7,9H2,1-3H3;2-4H,1H3;2-5H,1H3/t2*17-,25-;;;/m00.../s1. The smallest absolute Gasteiger partial charge is 0.416 e. The molecule has 0 aromatic heterocycles. The molecule has 0 spiro atoms. The van der Waals surface area contributed by atoms with Crippen LogP contribution in [0.1, 0.15) is 175 Å². The topological polar surface area (TPSA) is 341 Å². The number of alkyl halides is 6. The molecule has 7 aromatic carbocycles. The number of aryl methyl sites for hydroxylation is 2. The summed E-state index contributed by atoms with van der Waals surface area (Å²) in [5.74, 6) is 2.88. The van der Waals surface area contributed by atoms with Gasteiger partial charge in [0.25, 0.3) is 28.4 Å². The summed E-state index contributed by atoms with van der Waals surface area (Å²) in [6, 6.07) is 30.1. The molecule has 1 fully saturated rings. The van der Waals surface area contributed by atoms with Gasteiger partial charge >= 0.3 is 18.4 Å². The fourth-order valence-corrected chi connectivity index (χ4v) is 15.2. The molecule has 0 saturated carbocycles. The summed E-state index contributed by atoms with van der Waals surface area (Å²) in [6.45, 7) is 20.0. The summed E-state index contributed by atoms with van der Waals surface area (Å²) in [5, 5.41) is 68.4. The summed E-state index contributed by atoms with van der Waals surface area (Å²) < 4.78 is 113. The number of aliphatic hydroxyl groups is 1. The van der Waals surface area contributed by atoms with Gasteiger partial charge in [0.05, 0.1) is 87.0 Å². The predicted molar refractivity (Wildman–Crippen MR) is 441 cm³/mol. The number of nitro groups is 5. The zero-order chi connectivity index (χ0) is 87.9. The van der Waals surface area contributed by atoms with E-state index in [0.29, 0.717) is 99.9 Å². The highest BCUT2D eigenvalue weighted by molar-refractivity contribution is 14.1. The maximum absolute atomic E-state index is 13.4. The summed E-state index contributed by atoms with van der Waals surface area (Å²) >= 11 is 1.99. The number of aldehydes is 1. The van der Waals surface area contributed by atoms with Crippen LogP contribution in [0.2, 0.25) is 0 Å². The quantitative estimate of drug-likeness (QED) is 0.0209. The molecule has 0 unspecified atom stereocenters. The van der Waals surface area contributed by atoms with Gasteiger partial charge in [0.1, 0.15) is 41.1 Å². The van der Waals surface area contributed by atoms with Crippen molar-refractivity contribution in [1.82, 2.24) is 10.2 Å². The van der Waals surface area contributed by atoms with Gasteiger partial charge in [-0.1, -0.05) is 70.4 Å². The zero-order valence-electron chi connectivity index (χ0n) is 68.0. The minimum Gasteiger partial charge on any atom is -0.497 e. The van der Waals surface area contributed by atoms with Crippen LogP contribution >= 0.6 is 22.6 Å². The highest BCUT2D eigenvalue weighted by Gasteiger charge is 2.44. The summed E-state index contributed by atoms with van der Waals surface area (Å²) in [7, 11) is 7.59. The van der Waals surface area contributed by atoms with E-state index in [0.717, 1.165) is 94.1 Å². The van der Waals surface area contributed by atoms with Crippen LogP contribution in [-0.4, -0.2) is 108 Å². The number of ether oxygens (including phenoxy) is 6. The van der Waals surface area contributed by atoms with Crippen molar-refractivity contribution in [3.63, 3.8) is 0 Å². The number of carbonyl (C=O) groups is 2. The lowest BCUT2D eigenvalue weighted by atomic mass is 9.72. The molecule has 26 nitrogen and oxygen atoms in total. The minimum absolute atomic E-state index is 0.00776. The molecule has 11 rings (SSSR count). The molecule has 1 saturated heterocycles. The average molecular weight is 1760 g/mol. The van der Waals surface area contributed by atoms with Gasteiger partial charge in [0.15, 0.2) is 0 Å². The third-order valence-corrected chi connectivity index (χ3v) is 21.6. The van der Waals surface area contributed by atoms with E-state index in [2.05, 4.69) is 46.9 Å². The Kier molecular flexibility index (Phi) is 31.8. The van der Waals surface area contributed by atoms with Gasteiger partial charge in [0.2, 0.25) is 0 Å². The Balaban J connectivity index is 0.000000220. The number of allylic oxidation sites excluding steroid dienone is 4. The Morgan fingerprint density at radius 2 is 0.932 bits per heavy atom. The van der Waals surface area contributed by atoms with E-state index >= 15 is 0 Å². The number of amides is 1. The lowest BCUT2D eigenvalue weighted by molar-refractivity contribution is -0.385. The second kappa shape index (κ2) is 39.9. The highest BCUT2D eigenvalue weighted by Crippen LogP contribution is 2.50. The number of benzene rings is 7. The number of halogens is 7. The molecule has 0 bridgehead atoms. The molecular weight excluding hydrogens is 1660 g/mol. The average Bonchev–Trinajstić information content (AvgIpc) is 1.42. The molecule has 4 aliphatic rings. The fourth-order valence-electron chi connectivity index (χ4n) is 14.5. The Morgan fingerprint density at radius 3 is 1.36 bits per heavy atom. The van der Waals surface area contributed by atoms with E-state index in [1.54, 1.807) is 76.2 Å². The number of hydrogen-bond donors (Lipinski definition) is 2. The normalized spacial score (nSPS) is 17.2. The van der Waals surface area contributed by atoms with Crippen molar-refractivity contribution in [3.05, 3.63) is 254 Å². The number of rotatable bonds is 22. The Labute approximate surface area is 692 Å². The van der Waals surface area contributed by atoms with Gasteiger partial charge in [-0.2, -0.15) is 26.3 Å². The third kappa shape index (κ3) is 25.0. The van der Waals surface area contributed by atoms with Crippen LogP contribution in [0.5, 0.6) is 28.7 Å². The van der Waals surface area contributed by atoms with Gasteiger partial charge in [0, 0.05) is 96.5 Å². The van der Waals surface area contributed by atoms with Crippen LogP contribution in [0, 0.1) is 84.2 Å². The zero-order valence-corrected chi connectivity index (χ0v) is 70.1. The van der Waals surface area contributed by atoms with Crippen molar-refractivity contribution >= 4 is 80.1 Å². The van der Waals surface area contributed by atoms with Crippen LogP contribution < -0.4 is 29.0 Å². The Hall–Kier alpha value is -11.1. The van der Waals surface area contributed by atoms with E-state index in [4.69, 9.17) is 28.4 Å². The number of methoxy groups -OCH3 is 5. The Bertz CT molecular complexity index is 4970. The summed E-state index contributed by atoms with van der Waals surface area (Å²) in [4.78, 5) is 78.1. The molecule has 7 aromatic rings. The van der Waals surface area contributed by atoms with Crippen LogP contribution in [0.4, 0.5) is 59.6 Å². The van der Waals surface area contributed by atoms with Crippen molar-refractivity contribution < 1.29 is 94.1 Å². The molecule has 1 heterocycles. The maximum Gasteiger partial charge on any atom is 0.416 e. The van der Waals surface area contributed by atoms with Gasteiger partial charge in [-0.05, 0) is 224 Å². The van der Waals surface area contributed by atoms with Crippen molar-refractivity contribution in [1.29, 1.82) is 0 Å². The largest absolute Gasteiger partial charge is 0.497 e. The molecule has 33 heteroatoms. The van der Waals surface area contributed by atoms with E-state index in [-0.39, 0.29) is 56.8 Å². The monoisotopic (exact) mass is 1760 g/mol. The number of non-ortho nitro benzene ring substituents is 5. The van der Waals surface area contributed by atoms with Crippen LogP contribution in [0.3, 0.4) is 0 Å². The van der Waals surface area contributed by atoms with Crippen molar-refractivity contribution in [3.8, 4) is 28.7 Å². The number of aliphatic hydroxyl groups excluding tert-OH is 1. The molecule has 3 aliphatic carbocycles. The third-order valence-electron chi connectivity index (χ3n) is 20.8. The Morgan fingerprint density at radius 1 is 0.542 bits per heavy atom. The van der Waals surface area contributed by atoms with Crippen molar-refractivity contribution in [2.24, 2.45) is 16.2 Å². The molecular formula is C85H96F6IN7O19. The predicted octanol–water partition coefficient (Wildman–Crippen LogP) is 21.7. The van der Waals surface area contributed by atoms with Crippen molar-refractivity contribution in [2.45, 2.75) is 164 Å². The van der Waals surface area contributed by atoms with E-state index in [1.165, 1.54) is 101 Å². The fraction of sp³-hybridized carbons (Fsp3) is 0.412. The van der Waals surface area contributed by atoms with Gasteiger partial charge in [-0.25, -0.2) is 4.79 Å². The van der Waals surface area contributed by atoms with Crippen LogP contribution in [0.25, 0.3) is 16.7 Å².